The predicted octanol–water partition coefficient (Wildman–Crippen LogP) is 14.1. The molecule has 0 saturated heterocycles. The molecule has 0 rings (SSSR count). The molecule has 0 fully saturated rings. The summed E-state index contributed by atoms with van der Waals surface area (Å²) in [6, 6.07) is 0. The molecule has 0 aromatic carbocycles. The average molecular weight is 755 g/mol. The molecule has 0 spiro atoms. The summed E-state index contributed by atoms with van der Waals surface area (Å²) >= 11 is 0. The van der Waals surface area contributed by atoms with Crippen molar-refractivity contribution in [2.75, 3.05) is 13.2 Å². The first-order valence-corrected chi connectivity index (χ1v) is 22.3. The van der Waals surface area contributed by atoms with Crippen LogP contribution in [0, 0.1) is 0 Å². The lowest BCUT2D eigenvalue weighted by atomic mass is 10.1. The molecule has 0 saturated carbocycles. The molecule has 1 unspecified atom stereocenters. The summed E-state index contributed by atoms with van der Waals surface area (Å²) in [5.74, 6) is -0.918. The zero-order valence-corrected chi connectivity index (χ0v) is 35.2. The summed E-state index contributed by atoms with van der Waals surface area (Å²) in [5, 5.41) is 0. The number of hydrogen-bond donors (Lipinski definition) is 0. The fourth-order valence-electron chi connectivity index (χ4n) is 6.01. The van der Waals surface area contributed by atoms with E-state index in [0.29, 0.717) is 19.3 Å². The third-order valence-corrected chi connectivity index (χ3v) is 9.33. The Kier molecular flexibility index (Phi) is 40.6. The molecule has 0 aliphatic heterocycles. The van der Waals surface area contributed by atoms with Crippen LogP contribution < -0.4 is 0 Å². The van der Waals surface area contributed by atoms with Crippen LogP contribution >= 0.6 is 0 Å². The Bertz CT molecular complexity index is 1010. The van der Waals surface area contributed by atoms with Gasteiger partial charge in [-0.3, -0.25) is 14.4 Å². The Morgan fingerprint density at radius 2 is 0.815 bits per heavy atom. The minimum atomic E-state index is -0.781. The normalized spacial score (nSPS) is 12.6. The fourth-order valence-corrected chi connectivity index (χ4v) is 6.01. The Morgan fingerprint density at radius 1 is 0.407 bits per heavy atom. The first-order valence-electron chi connectivity index (χ1n) is 22.3. The van der Waals surface area contributed by atoms with Crippen LogP contribution in [0.15, 0.2) is 60.8 Å². The van der Waals surface area contributed by atoms with Crippen LogP contribution in [0.2, 0.25) is 0 Å². The molecule has 54 heavy (non-hydrogen) atoms. The molecule has 0 aliphatic carbocycles. The molecule has 6 heteroatoms. The van der Waals surface area contributed by atoms with Crippen molar-refractivity contribution in [1.82, 2.24) is 0 Å². The highest BCUT2D eigenvalue weighted by atomic mass is 16.6. The minimum Gasteiger partial charge on any atom is -0.462 e. The van der Waals surface area contributed by atoms with Crippen molar-refractivity contribution in [2.24, 2.45) is 0 Å². The van der Waals surface area contributed by atoms with E-state index in [1.165, 1.54) is 64.2 Å². The van der Waals surface area contributed by atoms with Crippen LogP contribution in [0.3, 0.4) is 0 Å². The van der Waals surface area contributed by atoms with Gasteiger partial charge in [0.2, 0.25) is 0 Å². The topological polar surface area (TPSA) is 78.9 Å². The minimum absolute atomic E-state index is 0.0835. The highest BCUT2D eigenvalue weighted by molar-refractivity contribution is 5.71. The standard InChI is InChI=1S/C48H82O6/c1-4-7-10-13-16-19-21-23-24-25-27-29-32-35-38-41-47(50)53-44-45(43-52-46(49)40-37-34-31-28-18-15-12-9-6-3)54-48(51)42-39-36-33-30-26-22-20-17-14-11-8-5-2/h7-8,10-11,13,16-17,19-21,45H,4-6,9,12,14-15,18,22-44H2,1-3H3/b10-7-,11-8-,16-13-,20-17-,21-19-. The van der Waals surface area contributed by atoms with Crippen molar-refractivity contribution in [3.05, 3.63) is 60.8 Å². The summed E-state index contributed by atoms with van der Waals surface area (Å²) in [7, 11) is 0. The van der Waals surface area contributed by atoms with E-state index in [0.717, 1.165) is 103 Å². The number of carbonyl (C=O) groups is 3. The van der Waals surface area contributed by atoms with Crippen molar-refractivity contribution >= 4 is 17.9 Å². The van der Waals surface area contributed by atoms with Crippen LogP contribution in [0.4, 0.5) is 0 Å². The van der Waals surface area contributed by atoms with Crippen LogP contribution in [0.1, 0.15) is 207 Å². The zero-order valence-electron chi connectivity index (χ0n) is 35.2. The van der Waals surface area contributed by atoms with E-state index in [2.05, 4.69) is 81.5 Å². The molecular formula is C48H82O6. The van der Waals surface area contributed by atoms with Gasteiger partial charge in [0.05, 0.1) is 0 Å². The van der Waals surface area contributed by atoms with Gasteiger partial charge in [-0.05, 0) is 64.2 Å². The number of carbonyl (C=O) groups excluding carboxylic acids is 3. The second-order valence-electron chi connectivity index (χ2n) is 14.6. The molecule has 0 aromatic heterocycles. The van der Waals surface area contributed by atoms with E-state index in [9.17, 15) is 14.4 Å². The maximum atomic E-state index is 12.7. The van der Waals surface area contributed by atoms with E-state index < -0.39 is 6.10 Å². The van der Waals surface area contributed by atoms with Crippen molar-refractivity contribution in [3.63, 3.8) is 0 Å². The SMILES string of the molecule is CC\C=C/C=C\C=C/CCCCCCCCCC(=O)OCC(COC(=O)CCCCCCCCCCC)OC(=O)CCCCCCC/C=C\C/C=C\CC. The fraction of sp³-hybridized carbons (Fsp3) is 0.729. The van der Waals surface area contributed by atoms with Gasteiger partial charge in [-0.1, -0.05) is 184 Å². The van der Waals surface area contributed by atoms with Crippen LogP contribution in [-0.2, 0) is 28.6 Å². The van der Waals surface area contributed by atoms with Crippen LogP contribution in [0.25, 0.3) is 0 Å². The van der Waals surface area contributed by atoms with E-state index in [4.69, 9.17) is 14.2 Å². The lowest BCUT2D eigenvalue weighted by Crippen LogP contribution is -2.30. The van der Waals surface area contributed by atoms with Gasteiger partial charge in [0.25, 0.3) is 0 Å². The van der Waals surface area contributed by atoms with Crippen molar-refractivity contribution in [1.29, 1.82) is 0 Å². The third-order valence-electron chi connectivity index (χ3n) is 9.33. The highest BCUT2D eigenvalue weighted by Crippen LogP contribution is 2.14. The van der Waals surface area contributed by atoms with Gasteiger partial charge in [0.1, 0.15) is 13.2 Å². The molecule has 0 heterocycles. The molecule has 0 radical (unpaired) electrons. The third kappa shape index (κ3) is 40.3. The van der Waals surface area contributed by atoms with Gasteiger partial charge >= 0.3 is 17.9 Å². The summed E-state index contributed by atoms with van der Waals surface area (Å²) in [4.78, 5) is 37.7. The number of allylic oxidation sites excluding steroid dienone is 10. The van der Waals surface area contributed by atoms with E-state index in [1.54, 1.807) is 0 Å². The lowest BCUT2D eigenvalue weighted by Gasteiger charge is -2.18. The van der Waals surface area contributed by atoms with Gasteiger partial charge in [-0.25, -0.2) is 0 Å². The first-order chi connectivity index (χ1) is 26.5. The summed E-state index contributed by atoms with van der Waals surface area (Å²) < 4.78 is 16.7. The van der Waals surface area contributed by atoms with Crippen molar-refractivity contribution in [3.8, 4) is 0 Å². The number of unbranched alkanes of at least 4 members (excludes halogenated alkanes) is 20. The summed E-state index contributed by atoms with van der Waals surface area (Å²) in [6.45, 7) is 6.34. The molecule has 0 aromatic rings. The Labute approximate surface area is 332 Å². The van der Waals surface area contributed by atoms with Gasteiger partial charge in [0.15, 0.2) is 6.10 Å². The summed E-state index contributed by atoms with van der Waals surface area (Å²) in [5.41, 5.74) is 0. The molecule has 6 nitrogen and oxygen atoms in total. The Balaban J connectivity index is 4.39. The average Bonchev–Trinajstić information content (AvgIpc) is 3.17. The van der Waals surface area contributed by atoms with Gasteiger partial charge < -0.3 is 14.2 Å². The van der Waals surface area contributed by atoms with Crippen LogP contribution in [0.5, 0.6) is 0 Å². The smallest absolute Gasteiger partial charge is 0.306 e. The van der Waals surface area contributed by atoms with Crippen molar-refractivity contribution in [2.45, 2.75) is 213 Å². The molecule has 0 N–H and O–H groups in total. The number of hydrogen-bond acceptors (Lipinski definition) is 6. The monoisotopic (exact) mass is 755 g/mol. The Hall–Kier alpha value is -2.89. The van der Waals surface area contributed by atoms with E-state index in [-0.39, 0.29) is 31.1 Å². The molecular weight excluding hydrogens is 673 g/mol. The number of ether oxygens (including phenoxy) is 3. The molecule has 1 atom stereocenters. The molecule has 310 valence electrons. The second kappa shape index (κ2) is 42.8. The summed E-state index contributed by atoms with van der Waals surface area (Å²) in [6.07, 6.45) is 50.6. The zero-order chi connectivity index (χ0) is 39.4. The first kappa shape index (κ1) is 51.1. The molecule has 0 aliphatic rings. The predicted molar refractivity (Wildman–Crippen MR) is 228 cm³/mol. The second-order valence-corrected chi connectivity index (χ2v) is 14.6. The molecule has 0 amide bonds. The lowest BCUT2D eigenvalue weighted by molar-refractivity contribution is -0.167. The maximum Gasteiger partial charge on any atom is 0.306 e. The largest absolute Gasteiger partial charge is 0.462 e. The van der Waals surface area contributed by atoms with E-state index >= 15 is 0 Å². The highest BCUT2D eigenvalue weighted by Gasteiger charge is 2.19. The maximum absolute atomic E-state index is 12.7. The van der Waals surface area contributed by atoms with Crippen molar-refractivity contribution < 1.29 is 28.6 Å². The number of esters is 3. The number of rotatable bonds is 39. The quantitative estimate of drug-likeness (QED) is 0.0204. The van der Waals surface area contributed by atoms with Crippen LogP contribution in [-0.4, -0.2) is 37.2 Å². The van der Waals surface area contributed by atoms with E-state index in [1.807, 2.05) is 0 Å². The Morgan fingerprint density at radius 3 is 1.31 bits per heavy atom. The van der Waals surface area contributed by atoms with Gasteiger partial charge in [-0.15, -0.1) is 0 Å². The van der Waals surface area contributed by atoms with Gasteiger partial charge in [-0.2, -0.15) is 0 Å². The molecule has 0 bridgehead atoms. The van der Waals surface area contributed by atoms with Gasteiger partial charge in [0, 0.05) is 19.3 Å².